The minimum absolute atomic E-state index is 0.251. The highest BCUT2D eigenvalue weighted by Gasteiger charge is 2.55. The summed E-state index contributed by atoms with van der Waals surface area (Å²) in [6.45, 7) is -0.984. The molecule has 0 aliphatic rings. The predicted octanol–water partition coefficient (Wildman–Crippen LogP) is 4.02. The zero-order chi connectivity index (χ0) is 18.8. The fraction of sp³-hybridized carbons (Fsp3) is 0.150. The van der Waals surface area contributed by atoms with E-state index in [2.05, 4.69) is 5.32 Å². The molecule has 0 heterocycles. The number of halogens is 3. The van der Waals surface area contributed by atoms with E-state index in [4.69, 9.17) is 0 Å². The van der Waals surface area contributed by atoms with Gasteiger partial charge in [-0.3, -0.25) is 4.79 Å². The van der Waals surface area contributed by atoms with Crippen LogP contribution in [0.25, 0.3) is 10.8 Å². The highest BCUT2D eigenvalue weighted by molar-refractivity contribution is 6.07. The van der Waals surface area contributed by atoms with E-state index in [1.54, 1.807) is 24.3 Å². The lowest BCUT2D eigenvalue weighted by molar-refractivity contribution is -0.263. The van der Waals surface area contributed by atoms with Gasteiger partial charge >= 0.3 is 6.18 Å². The van der Waals surface area contributed by atoms with E-state index < -0.39 is 24.2 Å². The minimum Gasteiger partial charge on any atom is -0.375 e. The molecule has 0 spiro atoms. The molecule has 134 valence electrons. The summed E-state index contributed by atoms with van der Waals surface area (Å²) in [5.74, 6) is -0.680. The Morgan fingerprint density at radius 2 is 1.50 bits per heavy atom. The van der Waals surface area contributed by atoms with Crippen LogP contribution in [0.5, 0.6) is 0 Å². The van der Waals surface area contributed by atoms with E-state index >= 15 is 0 Å². The van der Waals surface area contributed by atoms with Gasteiger partial charge in [0.25, 0.3) is 5.91 Å². The molecule has 0 saturated heterocycles. The van der Waals surface area contributed by atoms with Crippen molar-refractivity contribution in [2.24, 2.45) is 0 Å². The van der Waals surface area contributed by atoms with Gasteiger partial charge < -0.3 is 10.4 Å². The maximum Gasteiger partial charge on any atom is 0.423 e. The largest absolute Gasteiger partial charge is 0.423 e. The number of fused-ring (bicyclic) bond motifs is 1. The topological polar surface area (TPSA) is 49.3 Å². The molecule has 0 aliphatic heterocycles. The van der Waals surface area contributed by atoms with Gasteiger partial charge in [0.05, 0.1) is 6.54 Å². The van der Waals surface area contributed by atoms with Gasteiger partial charge in [-0.1, -0.05) is 66.7 Å². The molecule has 3 nitrogen and oxygen atoms in total. The first kappa shape index (κ1) is 17.9. The second kappa shape index (κ2) is 6.80. The normalized spacial score (nSPS) is 14.0. The van der Waals surface area contributed by atoms with Crippen LogP contribution in [-0.4, -0.2) is 23.7 Å². The van der Waals surface area contributed by atoms with Crippen LogP contribution in [0.4, 0.5) is 13.2 Å². The molecule has 1 atom stereocenters. The minimum atomic E-state index is -4.94. The molecule has 1 amide bonds. The van der Waals surface area contributed by atoms with E-state index in [1.165, 1.54) is 30.3 Å². The number of benzene rings is 3. The predicted molar refractivity (Wildman–Crippen MR) is 92.7 cm³/mol. The van der Waals surface area contributed by atoms with Crippen LogP contribution >= 0.6 is 0 Å². The molecule has 0 aliphatic carbocycles. The van der Waals surface area contributed by atoms with Crippen molar-refractivity contribution in [3.8, 4) is 0 Å². The van der Waals surface area contributed by atoms with Gasteiger partial charge in [-0.05, 0) is 22.4 Å². The number of amides is 1. The van der Waals surface area contributed by atoms with Crippen LogP contribution in [0.1, 0.15) is 15.9 Å². The van der Waals surface area contributed by atoms with Crippen molar-refractivity contribution in [2.75, 3.05) is 6.54 Å². The molecule has 3 aromatic carbocycles. The Kier molecular flexibility index (Phi) is 4.70. The van der Waals surface area contributed by atoms with Crippen molar-refractivity contribution in [1.82, 2.24) is 5.32 Å². The second-order valence-corrected chi connectivity index (χ2v) is 5.93. The van der Waals surface area contributed by atoms with E-state index in [0.29, 0.717) is 5.39 Å². The fourth-order valence-corrected chi connectivity index (χ4v) is 2.81. The highest BCUT2D eigenvalue weighted by atomic mass is 19.4. The van der Waals surface area contributed by atoms with Gasteiger partial charge in [0.15, 0.2) is 0 Å². The van der Waals surface area contributed by atoms with Crippen molar-refractivity contribution in [1.29, 1.82) is 0 Å². The maximum absolute atomic E-state index is 13.5. The molecule has 0 radical (unpaired) electrons. The summed E-state index contributed by atoms with van der Waals surface area (Å²) in [5.41, 5.74) is -3.25. The number of nitrogens with one attached hydrogen (secondary N) is 1. The van der Waals surface area contributed by atoms with E-state index in [-0.39, 0.29) is 11.1 Å². The van der Waals surface area contributed by atoms with Gasteiger partial charge in [0.2, 0.25) is 5.60 Å². The summed E-state index contributed by atoms with van der Waals surface area (Å²) in [6, 6.07) is 18.8. The third-order valence-corrected chi connectivity index (χ3v) is 4.26. The van der Waals surface area contributed by atoms with Crippen LogP contribution in [0, 0.1) is 0 Å². The molecule has 0 saturated carbocycles. The monoisotopic (exact) mass is 359 g/mol. The Morgan fingerprint density at radius 1 is 0.885 bits per heavy atom. The summed E-state index contributed by atoms with van der Waals surface area (Å²) in [7, 11) is 0. The molecular weight excluding hydrogens is 343 g/mol. The second-order valence-electron chi connectivity index (χ2n) is 5.93. The van der Waals surface area contributed by atoms with Crippen molar-refractivity contribution in [2.45, 2.75) is 11.8 Å². The number of carbonyl (C=O) groups is 1. The van der Waals surface area contributed by atoms with E-state index in [1.807, 2.05) is 18.2 Å². The zero-order valence-corrected chi connectivity index (χ0v) is 13.6. The number of hydrogen-bond acceptors (Lipinski definition) is 2. The standard InChI is InChI=1S/C20H16F3NO2/c21-20(22,23)19(26,15-9-2-1-3-10-15)13-24-18(25)17-12-6-8-14-7-4-5-11-16(14)17/h1-12,26H,13H2,(H,24,25)/t19-/m1/s1. The smallest absolute Gasteiger partial charge is 0.375 e. The third kappa shape index (κ3) is 3.28. The molecule has 0 fully saturated rings. The van der Waals surface area contributed by atoms with Crippen LogP contribution < -0.4 is 5.32 Å². The third-order valence-electron chi connectivity index (χ3n) is 4.26. The SMILES string of the molecule is O=C(NC[C@@](O)(c1ccccc1)C(F)(F)F)c1cccc2ccccc12. The average Bonchev–Trinajstić information content (AvgIpc) is 2.65. The van der Waals surface area contributed by atoms with Crippen molar-refractivity contribution in [3.05, 3.63) is 83.9 Å². The number of rotatable bonds is 4. The Morgan fingerprint density at radius 3 is 2.19 bits per heavy atom. The number of carbonyl (C=O) groups excluding carboxylic acids is 1. The summed E-state index contributed by atoms with van der Waals surface area (Å²) < 4.78 is 40.5. The Bertz CT molecular complexity index is 920. The van der Waals surface area contributed by atoms with Crippen molar-refractivity contribution >= 4 is 16.7 Å². The lowest BCUT2D eigenvalue weighted by atomic mass is 9.92. The van der Waals surface area contributed by atoms with Crippen molar-refractivity contribution in [3.63, 3.8) is 0 Å². The Labute approximate surface area is 148 Å². The van der Waals surface area contributed by atoms with Gasteiger partial charge in [-0.2, -0.15) is 13.2 Å². The van der Waals surface area contributed by atoms with Crippen LogP contribution in [0.2, 0.25) is 0 Å². The van der Waals surface area contributed by atoms with Crippen molar-refractivity contribution < 1.29 is 23.1 Å². The van der Waals surface area contributed by atoms with Crippen LogP contribution in [-0.2, 0) is 5.60 Å². The lowest BCUT2D eigenvalue weighted by Gasteiger charge is -2.31. The number of aliphatic hydroxyl groups is 1. The summed E-state index contributed by atoms with van der Waals surface area (Å²) in [6.07, 6.45) is -4.94. The van der Waals surface area contributed by atoms with E-state index in [9.17, 15) is 23.1 Å². The van der Waals surface area contributed by atoms with Gasteiger partial charge in [-0.15, -0.1) is 0 Å². The lowest BCUT2D eigenvalue weighted by Crippen LogP contribution is -2.51. The molecular formula is C20H16F3NO2. The average molecular weight is 359 g/mol. The first-order valence-electron chi connectivity index (χ1n) is 7.93. The molecule has 2 N–H and O–H groups in total. The molecule has 0 aromatic heterocycles. The van der Waals surface area contributed by atoms with Gasteiger partial charge in [0, 0.05) is 5.56 Å². The highest BCUT2D eigenvalue weighted by Crippen LogP contribution is 2.38. The molecule has 0 bridgehead atoms. The maximum atomic E-state index is 13.5. The molecule has 6 heteroatoms. The Hall–Kier alpha value is -2.86. The van der Waals surface area contributed by atoms with E-state index in [0.717, 1.165) is 5.39 Å². The number of alkyl halides is 3. The quantitative estimate of drug-likeness (QED) is 0.739. The van der Waals surface area contributed by atoms with Crippen LogP contribution in [0.15, 0.2) is 72.8 Å². The summed E-state index contributed by atoms with van der Waals surface area (Å²) >= 11 is 0. The van der Waals surface area contributed by atoms with Gasteiger partial charge in [-0.25, -0.2) is 0 Å². The zero-order valence-electron chi connectivity index (χ0n) is 13.6. The Balaban J connectivity index is 1.89. The van der Waals surface area contributed by atoms with Crippen LogP contribution in [0.3, 0.4) is 0 Å². The summed E-state index contributed by atoms with van der Waals surface area (Å²) in [5, 5.41) is 13.9. The summed E-state index contributed by atoms with van der Waals surface area (Å²) in [4.78, 5) is 12.5. The molecule has 3 aromatic rings. The molecule has 3 rings (SSSR count). The van der Waals surface area contributed by atoms with Gasteiger partial charge in [0.1, 0.15) is 0 Å². The fourth-order valence-electron chi connectivity index (χ4n) is 2.81. The first-order valence-corrected chi connectivity index (χ1v) is 7.93. The number of hydrogen-bond donors (Lipinski definition) is 2. The molecule has 0 unspecified atom stereocenters. The first-order chi connectivity index (χ1) is 12.3. The molecule has 26 heavy (non-hydrogen) atoms.